The van der Waals surface area contributed by atoms with Crippen LogP contribution in [0.15, 0.2) is 78.9 Å². The van der Waals surface area contributed by atoms with Crippen LogP contribution in [-0.2, 0) is 6.42 Å². The van der Waals surface area contributed by atoms with Gasteiger partial charge in [-0.15, -0.1) is 0 Å². The quantitative estimate of drug-likeness (QED) is 0.315. The van der Waals surface area contributed by atoms with Crippen molar-refractivity contribution < 1.29 is 4.57 Å². The highest BCUT2D eigenvalue weighted by Gasteiger charge is 2.30. The van der Waals surface area contributed by atoms with Gasteiger partial charge in [0.15, 0.2) is 11.0 Å². The minimum Gasteiger partial charge on any atom is -0.236 e. The summed E-state index contributed by atoms with van der Waals surface area (Å²) < 4.78 is 2.43. The minimum absolute atomic E-state index is 1.00. The zero-order valence-electron chi connectivity index (χ0n) is 18.2. The maximum absolute atomic E-state index is 3.77. The van der Waals surface area contributed by atoms with Crippen molar-refractivity contribution in [3.63, 3.8) is 0 Å². The Bertz CT molecular complexity index is 1460. The largest absolute Gasteiger partial charge is 0.293 e. The first-order valence-electron chi connectivity index (χ1n) is 10.9. The second-order valence-electron chi connectivity index (χ2n) is 8.75. The molecule has 5 aromatic rings. The van der Waals surface area contributed by atoms with Gasteiger partial charge in [0.2, 0.25) is 0 Å². The fraction of sp³-hybridized carbons (Fsp3) is 0.138. The van der Waals surface area contributed by atoms with Crippen LogP contribution in [0.2, 0.25) is 0 Å². The average Bonchev–Trinajstić information content (AvgIpc) is 3.32. The number of nitrogens with zero attached hydrogens (tertiary/aromatic N) is 1. The molecule has 0 atom stereocenters. The number of hydrogen-bond donors (Lipinski definition) is 1. The van der Waals surface area contributed by atoms with Crippen molar-refractivity contribution >= 4 is 11.0 Å². The summed E-state index contributed by atoms with van der Waals surface area (Å²) in [5.41, 5.74) is 14.3. The number of para-hydroxylation sites is 2. The molecular weight excluding hydrogens is 376 g/mol. The van der Waals surface area contributed by atoms with Crippen LogP contribution in [0, 0.1) is 20.8 Å². The Kier molecular flexibility index (Phi) is 3.91. The maximum Gasteiger partial charge on any atom is 0.293 e. The summed E-state index contributed by atoms with van der Waals surface area (Å²) in [5.74, 6) is 1.14. The molecule has 1 aliphatic carbocycles. The Hall–Kier alpha value is -3.65. The molecule has 0 aliphatic heterocycles. The molecule has 1 aliphatic rings. The van der Waals surface area contributed by atoms with Crippen LogP contribution in [0.5, 0.6) is 0 Å². The molecule has 0 fully saturated rings. The van der Waals surface area contributed by atoms with Gasteiger partial charge in [0.1, 0.15) is 5.69 Å². The van der Waals surface area contributed by atoms with Crippen LogP contribution >= 0.6 is 0 Å². The molecule has 150 valence electrons. The van der Waals surface area contributed by atoms with E-state index in [1.54, 1.807) is 0 Å². The second-order valence-corrected chi connectivity index (χ2v) is 8.75. The number of nitrogens with one attached hydrogen (secondary N) is 1. The minimum atomic E-state index is 1.00. The summed E-state index contributed by atoms with van der Waals surface area (Å²) in [6.45, 7) is 6.61. The summed E-state index contributed by atoms with van der Waals surface area (Å²) in [4.78, 5) is 3.77. The van der Waals surface area contributed by atoms with Crippen molar-refractivity contribution in [1.82, 2.24) is 4.98 Å². The Morgan fingerprint density at radius 3 is 2.23 bits per heavy atom. The monoisotopic (exact) mass is 401 g/mol. The van der Waals surface area contributed by atoms with Gasteiger partial charge in [-0.1, -0.05) is 66.2 Å². The van der Waals surface area contributed by atoms with Crippen LogP contribution in [0.1, 0.15) is 27.8 Å². The van der Waals surface area contributed by atoms with Crippen LogP contribution < -0.4 is 4.57 Å². The fourth-order valence-corrected chi connectivity index (χ4v) is 5.41. The highest BCUT2D eigenvalue weighted by Crippen LogP contribution is 2.42. The number of fused-ring (bicyclic) bond motifs is 4. The molecular formula is C29H25N2+. The van der Waals surface area contributed by atoms with Crippen LogP contribution in [0.3, 0.4) is 0 Å². The third-order valence-electron chi connectivity index (χ3n) is 6.55. The average molecular weight is 402 g/mol. The molecule has 0 unspecified atom stereocenters. The van der Waals surface area contributed by atoms with E-state index in [-0.39, 0.29) is 0 Å². The topological polar surface area (TPSA) is 19.7 Å². The lowest BCUT2D eigenvalue weighted by atomic mass is 9.98. The molecule has 6 rings (SSSR count). The molecule has 2 heteroatoms. The molecule has 0 amide bonds. The van der Waals surface area contributed by atoms with Crippen molar-refractivity contribution in [2.75, 3.05) is 0 Å². The third-order valence-corrected chi connectivity index (χ3v) is 6.55. The second kappa shape index (κ2) is 6.68. The Labute approximate surface area is 182 Å². The lowest BCUT2D eigenvalue weighted by Gasteiger charge is -2.12. The number of rotatable bonds is 2. The molecule has 0 radical (unpaired) electrons. The number of aromatic nitrogens is 2. The highest BCUT2D eigenvalue weighted by atomic mass is 15.1. The Morgan fingerprint density at radius 2 is 1.39 bits per heavy atom. The van der Waals surface area contributed by atoms with Crippen molar-refractivity contribution in [3.8, 4) is 28.2 Å². The summed E-state index contributed by atoms with van der Waals surface area (Å²) in [7, 11) is 0. The number of H-pyrrole nitrogens is 1. The van der Waals surface area contributed by atoms with Crippen molar-refractivity contribution in [2.24, 2.45) is 0 Å². The zero-order chi connectivity index (χ0) is 21.1. The maximum atomic E-state index is 3.77. The van der Waals surface area contributed by atoms with Gasteiger partial charge in [0.25, 0.3) is 5.82 Å². The van der Waals surface area contributed by atoms with E-state index in [0.717, 1.165) is 17.8 Å². The Morgan fingerprint density at radius 1 is 0.710 bits per heavy atom. The molecule has 1 heterocycles. The Balaban J connectivity index is 1.72. The summed E-state index contributed by atoms with van der Waals surface area (Å²) in [6, 6.07) is 28.7. The van der Waals surface area contributed by atoms with E-state index in [0.29, 0.717) is 0 Å². The van der Waals surface area contributed by atoms with Crippen LogP contribution in [-0.4, -0.2) is 4.98 Å². The standard InChI is InChI=1S/C29H24N2/c1-18-15-19(2)28(20(3)16-18)31-26-14-7-6-13-25(26)30-29(31)24-12-8-10-22-17-21-9-4-5-11-23(21)27(22)24/h4-16H,17H2,1-3H3/p+1. The molecule has 2 nitrogen and oxygen atoms in total. The summed E-state index contributed by atoms with van der Waals surface area (Å²) >= 11 is 0. The predicted octanol–water partition coefficient (Wildman–Crippen LogP) is 6.61. The van der Waals surface area contributed by atoms with Gasteiger partial charge in [0.05, 0.1) is 5.56 Å². The molecule has 1 N–H and O–H groups in total. The fourth-order valence-electron chi connectivity index (χ4n) is 5.41. The van der Waals surface area contributed by atoms with E-state index < -0.39 is 0 Å². The predicted molar refractivity (Wildman–Crippen MR) is 128 cm³/mol. The zero-order valence-corrected chi connectivity index (χ0v) is 18.2. The SMILES string of the molecule is Cc1cc(C)c(-[n+]2c(-c3cccc4c3-c3ccccc3C4)[nH]c3ccccc32)c(C)c1. The van der Waals surface area contributed by atoms with Crippen molar-refractivity contribution in [2.45, 2.75) is 27.2 Å². The molecule has 1 aromatic heterocycles. The molecule has 0 spiro atoms. The number of aryl methyl sites for hydroxylation is 3. The van der Waals surface area contributed by atoms with E-state index in [9.17, 15) is 0 Å². The third kappa shape index (κ3) is 2.68. The van der Waals surface area contributed by atoms with E-state index in [1.807, 2.05) is 0 Å². The molecule has 0 bridgehead atoms. The lowest BCUT2D eigenvalue weighted by Crippen LogP contribution is -2.34. The molecule has 0 saturated heterocycles. The summed E-state index contributed by atoms with van der Waals surface area (Å²) in [5, 5.41) is 0. The van der Waals surface area contributed by atoms with Gasteiger partial charge < -0.3 is 0 Å². The number of imidazole rings is 1. The van der Waals surface area contributed by atoms with Gasteiger partial charge in [-0.25, -0.2) is 4.98 Å². The van der Waals surface area contributed by atoms with E-state index in [2.05, 4.69) is 109 Å². The highest BCUT2D eigenvalue weighted by molar-refractivity contribution is 5.89. The van der Waals surface area contributed by atoms with Crippen molar-refractivity contribution in [1.29, 1.82) is 0 Å². The lowest BCUT2D eigenvalue weighted by molar-refractivity contribution is -0.555. The first-order chi connectivity index (χ1) is 15.1. The van der Waals surface area contributed by atoms with Gasteiger partial charge in [-0.05, 0) is 73.2 Å². The molecule has 4 aromatic carbocycles. The smallest absolute Gasteiger partial charge is 0.236 e. The summed E-state index contributed by atoms with van der Waals surface area (Å²) in [6.07, 6.45) is 1.00. The normalized spacial score (nSPS) is 12.2. The van der Waals surface area contributed by atoms with Gasteiger partial charge >= 0.3 is 0 Å². The number of benzene rings is 4. The van der Waals surface area contributed by atoms with E-state index in [1.165, 1.54) is 55.7 Å². The first-order valence-corrected chi connectivity index (χ1v) is 10.9. The molecule has 31 heavy (non-hydrogen) atoms. The van der Waals surface area contributed by atoms with Gasteiger partial charge in [0, 0.05) is 5.56 Å². The van der Waals surface area contributed by atoms with Crippen LogP contribution in [0.4, 0.5) is 0 Å². The number of aromatic amines is 1. The van der Waals surface area contributed by atoms with E-state index >= 15 is 0 Å². The number of hydrogen-bond acceptors (Lipinski definition) is 0. The van der Waals surface area contributed by atoms with Gasteiger partial charge in [-0.2, -0.15) is 4.57 Å². The first kappa shape index (κ1) is 18.1. The van der Waals surface area contributed by atoms with Crippen LogP contribution in [0.25, 0.3) is 39.2 Å². The van der Waals surface area contributed by atoms with Crippen molar-refractivity contribution in [3.05, 3.63) is 107 Å². The molecule has 0 saturated carbocycles. The van der Waals surface area contributed by atoms with Gasteiger partial charge in [-0.3, -0.25) is 0 Å². The van der Waals surface area contributed by atoms with E-state index in [4.69, 9.17) is 0 Å².